The van der Waals surface area contributed by atoms with Gasteiger partial charge in [-0.1, -0.05) is 35.0 Å². The number of rotatable bonds is 4. The van der Waals surface area contributed by atoms with Gasteiger partial charge in [-0.2, -0.15) is 13.2 Å². The maximum atomic E-state index is 13.8. The van der Waals surface area contributed by atoms with Gasteiger partial charge in [0.2, 0.25) is 15.9 Å². The van der Waals surface area contributed by atoms with Crippen molar-refractivity contribution in [1.29, 1.82) is 0 Å². The molecule has 38 heavy (non-hydrogen) atoms. The fourth-order valence-corrected chi connectivity index (χ4v) is 6.49. The summed E-state index contributed by atoms with van der Waals surface area (Å²) in [6, 6.07) is 7.52. The molecule has 0 amide bonds. The molecule has 0 spiro atoms. The number of pyridine rings is 1. The molecule has 0 saturated carbocycles. The van der Waals surface area contributed by atoms with Crippen LogP contribution in [0.2, 0.25) is 0 Å². The molecule has 1 aliphatic carbocycles. The summed E-state index contributed by atoms with van der Waals surface area (Å²) < 4.78 is 78.0. The van der Waals surface area contributed by atoms with Gasteiger partial charge in [0.15, 0.2) is 5.82 Å². The zero-order valence-electron chi connectivity index (χ0n) is 19.9. The molecule has 14 heteroatoms. The summed E-state index contributed by atoms with van der Waals surface area (Å²) in [4.78, 5) is 18.1. The Morgan fingerprint density at radius 3 is 2.47 bits per heavy atom. The second-order valence-corrected chi connectivity index (χ2v) is 11.8. The molecule has 0 fully saturated rings. The third kappa shape index (κ3) is 4.83. The van der Waals surface area contributed by atoms with Crippen molar-refractivity contribution in [3.63, 3.8) is 0 Å². The number of halogens is 4. The number of allylic oxidation sites excluding steroid dienone is 3. The number of hydrogen-bond donors (Lipinski definition) is 1. The number of ether oxygens (including phenoxy) is 1. The molecule has 0 radical (unpaired) electrons. The number of fused-ring (bicyclic) bond motifs is 1. The van der Waals surface area contributed by atoms with E-state index in [1.54, 1.807) is 19.9 Å². The van der Waals surface area contributed by atoms with Gasteiger partial charge >= 0.3 is 11.9 Å². The van der Waals surface area contributed by atoms with E-state index in [0.29, 0.717) is 16.8 Å². The molecule has 3 aromatic rings. The van der Waals surface area contributed by atoms with E-state index in [9.17, 15) is 26.4 Å². The maximum absolute atomic E-state index is 13.8. The van der Waals surface area contributed by atoms with E-state index >= 15 is 0 Å². The lowest BCUT2D eigenvalue weighted by Gasteiger charge is -2.40. The van der Waals surface area contributed by atoms with Crippen LogP contribution in [-0.4, -0.2) is 40.9 Å². The lowest BCUT2D eigenvalue weighted by molar-refractivity contribution is -0.137. The smallest absolute Gasteiger partial charge is 0.439 e. The van der Waals surface area contributed by atoms with Crippen LogP contribution in [0.25, 0.3) is 16.8 Å². The van der Waals surface area contributed by atoms with E-state index in [0.717, 1.165) is 12.1 Å². The summed E-state index contributed by atoms with van der Waals surface area (Å²) >= 11 is 6.35. The minimum absolute atomic E-state index is 0.0151. The van der Waals surface area contributed by atoms with Crippen molar-refractivity contribution in [2.24, 2.45) is 0 Å². The summed E-state index contributed by atoms with van der Waals surface area (Å²) in [6.45, 7) is 3.39. The zero-order chi connectivity index (χ0) is 27.5. The fraction of sp³-hybridized carbons (Fsp3) is 0.292. The first-order chi connectivity index (χ1) is 17.7. The Labute approximate surface area is 219 Å². The number of nitrogens with one attached hydrogen (secondary N) is 1. The Morgan fingerprint density at radius 1 is 1.16 bits per heavy atom. The monoisotopic (exact) mass is 568 g/mol. The second kappa shape index (κ2) is 9.02. The lowest BCUT2D eigenvalue weighted by Crippen LogP contribution is -2.51. The van der Waals surface area contributed by atoms with E-state index < -0.39 is 38.4 Å². The number of anilines is 1. The number of benzene rings is 1. The predicted molar refractivity (Wildman–Crippen MR) is 133 cm³/mol. The van der Waals surface area contributed by atoms with Crippen LogP contribution in [-0.2, 0) is 16.2 Å². The molecule has 3 heterocycles. The minimum Gasteiger partial charge on any atom is -0.468 e. The first-order valence-corrected chi connectivity index (χ1v) is 13.2. The van der Waals surface area contributed by atoms with Crippen molar-refractivity contribution in [2.45, 2.75) is 37.3 Å². The highest BCUT2D eigenvalue weighted by Gasteiger charge is 2.42. The fourth-order valence-electron chi connectivity index (χ4n) is 4.22. The lowest BCUT2D eigenvalue weighted by atomic mass is 10.1. The van der Waals surface area contributed by atoms with E-state index in [1.807, 2.05) is 0 Å². The minimum atomic E-state index is -4.47. The van der Waals surface area contributed by atoms with Gasteiger partial charge in [-0.05, 0) is 50.6 Å². The molecule has 200 valence electrons. The Hall–Kier alpha value is -3.58. The van der Waals surface area contributed by atoms with Gasteiger partial charge in [-0.3, -0.25) is 13.8 Å². The van der Waals surface area contributed by atoms with E-state index in [-0.39, 0.29) is 35.4 Å². The van der Waals surface area contributed by atoms with Crippen LogP contribution in [0.15, 0.2) is 62.9 Å². The Morgan fingerprint density at radius 2 is 1.87 bits per heavy atom. The van der Waals surface area contributed by atoms with Crippen molar-refractivity contribution >= 4 is 32.9 Å². The van der Waals surface area contributed by atoms with E-state index in [2.05, 4.69) is 19.6 Å². The summed E-state index contributed by atoms with van der Waals surface area (Å²) in [5, 5.41) is 2.64. The Bertz CT molecular complexity index is 1630. The summed E-state index contributed by atoms with van der Waals surface area (Å²) in [7, 11) is -4.04. The van der Waals surface area contributed by atoms with Crippen molar-refractivity contribution in [3.05, 3.63) is 75.5 Å². The molecule has 0 bridgehead atoms. The molecule has 2 aromatic heterocycles. The second-order valence-electron chi connectivity index (χ2n) is 9.36. The third-order valence-electron chi connectivity index (χ3n) is 6.04. The number of alkyl halides is 3. The number of aromatic amines is 1. The van der Waals surface area contributed by atoms with Crippen molar-refractivity contribution in [2.75, 3.05) is 10.8 Å². The predicted octanol–water partition coefficient (Wildman–Crippen LogP) is 4.73. The average Bonchev–Trinajstić information content (AvgIpc) is 3.27. The molecule has 5 rings (SSSR count). The number of sulfonamides is 1. The zero-order valence-corrected chi connectivity index (χ0v) is 21.5. The number of nitrogens with zero attached hydrogens (tertiary/aromatic N) is 3. The van der Waals surface area contributed by atoms with E-state index in [1.165, 1.54) is 34.6 Å². The van der Waals surface area contributed by atoms with Crippen LogP contribution < -0.4 is 14.8 Å². The molecular weight excluding hydrogens is 549 g/mol. The first kappa shape index (κ1) is 26.0. The quantitative estimate of drug-likeness (QED) is 0.483. The molecule has 2 aliphatic rings. The standard InChI is InChI=1S/C24H20ClF3N4O5S/c1-23(2)12-32(38(34,35)15-7-8-16(17(25)11-15)20-30-22(33)37-31-20)19-10-9-18(29-21(19)36-23)13-3-5-14(6-4-13)24(26,27)28/h3-6,8-11,15H,7,12H2,1-2H3,(H,30,31,33). The van der Waals surface area contributed by atoms with Crippen LogP contribution in [0.1, 0.15) is 31.7 Å². The highest BCUT2D eigenvalue weighted by atomic mass is 35.5. The van der Waals surface area contributed by atoms with Gasteiger partial charge in [0.1, 0.15) is 16.5 Å². The molecule has 1 aliphatic heterocycles. The normalized spacial score (nSPS) is 19.3. The van der Waals surface area contributed by atoms with Crippen LogP contribution in [0.5, 0.6) is 5.88 Å². The van der Waals surface area contributed by atoms with Crippen molar-refractivity contribution < 1.29 is 30.8 Å². The van der Waals surface area contributed by atoms with Gasteiger partial charge in [0, 0.05) is 16.2 Å². The Kier molecular flexibility index (Phi) is 6.18. The van der Waals surface area contributed by atoms with Gasteiger partial charge in [0.25, 0.3) is 0 Å². The first-order valence-electron chi connectivity index (χ1n) is 11.3. The van der Waals surface area contributed by atoms with E-state index in [4.69, 9.17) is 16.3 Å². The molecule has 9 nitrogen and oxygen atoms in total. The Balaban J connectivity index is 1.47. The molecule has 1 unspecified atom stereocenters. The van der Waals surface area contributed by atoms with Crippen LogP contribution in [0, 0.1) is 0 Å². The van der Waals surface area contributed by atoms with Gasteiger partial charge in [-0.25, -0.2) is 18.2 Å². The maximum Gasteiger partial charge on any atom is 0.439 e. The highest BCUT2D eigenvalue weighted by Crippen LogP contribution is 2.41. The highest BCUT2D eigenvalue weighted by molar-refractivity contribution is 7.93. The van der Waals surface area contributed by atoms with Crippen molar-refractivity contribution in [1.82, 2.24) is 15.1 Å². The summed E-state index contributed by atoms with van der Waals surface area (Å²) in [5.74, 6) is -0.648. The van der Waals surface area contributed by atoms with Crippen molar-refractivity contribution in [3.8, 4) is 17.1 Å². The van der Waals surface area contributed by atoms with Gasteiger partial charge in [0.05, 0.1) is 17.8 Å². The third-order valence-corrected chi connectivity index (χ3v) is 8.41. The van der Waals surface area contributed by atoms with Gasteiger partial charge < -0.3 is 4.74 Å². The molecule has 0 saturated heterocycles. The molecular formula is C24H20ClF3N4O5S. The van der Waals surface area contributed by atoms with Crippen LogP contribution >= 0.6 is 11.6 Å². The van der Waals surface area contributed by atoms with Gasteiger partial charge in [-0.15, -0.1) is 0 Å². The average molecular weight is 569 g/mol. The number of H-pyrrole nitrogens is 1. The number of hydrogen-bond acceptors (Lipinski definition) is 7. The largest absolute Gasteiger partial charge is 0.468 e. The molecule has 1 aromatic carbocycles. The summed E-state index contributed by atoms with van der Waals surface area (Å²) in [6.07, 6.45) is -1.50. The number of aromatic nitrogens is 3. The summed E-state index contributed by atoms with van der Waals surface area (Å²) in [5.41, 5.74) is -0.486. The topological polar surface area (TPSA) is 118 Å². The van der Waals surface area contributed by atoms with Crippen LogP contribution in [0.4, 0.5) is 18.9 Å². The SMILES string of the molecule is CC1(C)CN(S(=O)(=O)C2C=C(Cl)C(c3noc(=O)[nH]3)=CC2)c2ccc(-c3ccc(C(F)(F)F)cc3)nc2O1. The molecule has 1 N–H and O–H groups in total. The van der Waals surface area contributed by atoms with Crippen LogP contribution in [0.3, 0.4) is 0 Å². The molecule has 1 atom stereocenters.